The number of hydrogen-bond donors (Lipinski definition) is 0. The summed E-state index contributed by atoms with van der Waals surface area (Å²) in [5, 5.41) is 0. The maximum atomic E-state index is 11.0. The van der Waals surface area contributed by atoms with Gasteiger partial charge in [-0.2, -0.15) is 0 Å². The van der Waals surface area contributed by atoms with Gasteiger partial charge in [-0.15, -0.1) is 0 Å². The van der Waals surface area contributed by atoms with Crippen molar-refractivity contribution in [3.05, 3.63) is 11.0 Å². The molecule has 0 saturated heterocycles. The normalized spacial score (nSPS) is 14.9. The molecule has 0 aliphatic rings. The molecule has 0 N–H and O–H groups in total. The van der Waals surface area contributed by atoms with Crippen molar-refractivity contribution >= 4 is 16.6 Å². The predicted molar refractivity (Wildman–Crippen MR) is 43.1 cm³/mol. The first-order valence-corrected chi connectivity index (χ1v) is 4.51. The van der Waals surface area contributed by atoms with Gasteiger partial charge in [0.1, 0.15) is 0 Å². The Labute approximate surface area is 63.8 Å². The molecule has 3 heteroatoms. The first kappa shape index (κ1) is 9.56. The summed E-state index contributed by atoms with van der Waals surface area (Å²) < 4.78 is 11.0. The SMILES string of the molecule is C/C=C(\C(C)=O)[S@](=O)CC. The van der Waals surface area contributed by atoms with E-state index in [2.05, 4.69) is 0 Å². The third-order valence-electron chi connectivity index (χ3n) is 1.12. The smallest absolute Gasteiger partial charge is 0.168 e. The van der Waals surface area contributed by atoms with Crippen molar-refractivity contribution in [3.63, 3.8) is 0 Å². The summed E-state index contributed by atoms with van der Waals surface area (Å²) in [6, 6.07) is 0. The first-order valence-electron chi connectivity index (χ1n) is 3.19. The molecule has 0 unspecified atom stereocenters. The first-order chi connectivity index (χ1) is 4.63. The molecule has 0 aromatic rings. The molecule has 0 amide bonds. The summed E-state index contributed by atoms with van der Waals surface area (Å²) in [5.41, 5.74) is 0. The number of ketones is 1. The second-order valence-corrected chi connectivity index (χ2v) is 3.55. The Morgan fingerprint density at radius 1 is 1.60 bits per heavy atom. The minimum absolute atomic E-state index is 0.0947. The Morgan fingerprint density at radius 3 is 2.20 bits per heavy atom. The van der Waals surface area contributed by atoms with Crippen molar-refractivity contribution in [1.29, 1.82) is 0 Å². The largest absolute Gasteiger partial charge is 0.294 e. The third-order valence-corrected chi connectivity index (χ3v) is 2.65. The van der Waals surface area contributed by atoms with Crippen molar-refractivity contribution in [1.82, 2.24) is 0 Å². The fraction of sp³-hybridized carbons (Fsp3) is 0.571. The van der Waals surface area contributed by atoms with Crippen LogP contribution in [0.25, 0.3) is 0 Å². The van der Waals surface area contributed by atoms with Gasteiger partial charge in [0.25, 0.3) is 0 Å². The van der Waals surface area contributed by atoms with E-state index >= 15 is 0 Å². The highest BCUT2D eigenvalue weighted by molar-refractivity contribution is 7.90. The minimum Gasteiger partial charge on any atom is -0.294 e. The van der Waals surface area contributed by atoms with Crippen molar-refractivity contribution < 1.29 is 9.00 Å². The Kier molecular flexibility index (Phi) is 4.19. The van der Waals surface area contributed by atoms with Gasteiger partial charge in [0, 0.05) is 5.75 Å². The fourth-order valence-electron chi connectivity index (χ4n) is 0.651. The van der Waals surface area contributed by atoms with Gasteiger partial charge < -0.3 is 0 Å². The highest BCUT2D eigenvalue weighted by Gasteiger charge is 2.07. The second-order valence-electron chi connectivity index (χ2n) is 1.84. The average molecular weight is 160 g/mol. The van der Waals surface area contributed by atoms with E-state index in [1.54, 1.807) is 19.9 Å². The maximum Gasteiger partial charge on any atom is 0.168 e. The summed E-state index contributed by atoms with van der Waals surface area (Å²) in [6.07, 6.45) is 1.61. The molecular weight excluding hydrogens is 148 g/mol. The second kappa shape index (κ2) is 4.39. The van der Waals surface area contributed by atoms with Crippen LogP contribution in [0.15, 0.2) is 11.0 Å². The Morgan fingerprint density at radius 2 is 2.10 bits per heavy atom. The van der Waals surface area contributed by atoms with Gasteiger partial charge in [-0.1, -0.05) is 13.0 Å². The lowest BCUT2D eigenvalue weighted by molar-refractivity contribution is -0.113. The molecule has 0 fully saturated rings. The van der Waals surface area contributed by atoms with Crippen molar-refractivity contribution in [2.45, 2.75) is 20.8 Å². The Balaban J connectivity index is 4.39. The minimum atomic E-state index is -1.08. The molecule has 0 radical (unpaired) electrons. The Bertz CT molecular complexity index is 182. The van der Waals surface area contributed by atoms with Crippen molar-refractivity contribution in [3.8, 4) is 0 Å². The van der Waals surface area contributed by atoms with Gasteiger partial charge in [0.05, 0.1) is 15.7 Å². The van der Waals surface area contributed by atoms with Crippen LogP contribution in [0.1, 0.15) is 20.8 Å². The van der Waals surface area contributed by atoms with E-state index < -0.39 is 10.8 Å². The molecule has 0 spiro atoms. The van der Waals surface area contributed by atoms with Crippen LogP contribution in [-0.2, 0) is 15.6 Å². The van der Waals surface area contributed by atoms with Crippen molar-refractivity contribution in [2.24, 2.45) is 0 Å². The summed E-state index contributed by atoms with van der Waals surface area (Å²) in [4.78, 5) is 11.1. The zero-order valence-electron chi connectivity index (χ0n) is 6.51. The molecule has 1 atom stereocenters. The fourth-order valence-corrected chi connectivity index (χ4v) is 1.55. The van der Waals surface area contributed by atoms with Gasteiger partial charge in [-0.25, -0.2) is 0 Å². The summed E-state index contributed by atoms with van der Waals surface area (Å²) in [5.74, 6) is 0.418. The number of Topliss-reactive ketones (excluding diaryl/α,β-unsaturated/α-hetero) is 1. The van der Waals surface area contributed by atoms with Gasteiger partial charge >= 0.3 is 0 Å². The van der Waals surface area contributed by atoms with E-state index in [-0.39, 0.29) is 5.78 Å². The summed E-state index contributed by atoms with van der Waals surface area (Å²) >= 11 is 0. The van der Waals surface area contributed by atoms with Crippen LogP contribution < -0.4 is 0 Å². The monoisotopic (exact) mass is 160 g/mol. The van der Waals surface area contributed by atoms with Crippen LogP contribution in [-0.4, -0.2) is 15.7 Å². The number of carbonyl (C=O) groups excluding carboxylic acids is 1. The van der Waals surface area contributed by atoms with Crippen LogP contribution in [0.3, 0.4) is 0 Å². The summed E-state index contributed by atoms with van der Waals surface area (Å²) in [7, 11) is -1.08. The molecule has 2 nitrogen and oxygen atoms in total. The van der Waals surface area contributed by atoms with E-state index in [1.165, 1.54) is 6.92 Å². The lowest BCUT2D eigenvalue weighted by atomic mass is 10.4. The molecular formula is C7H12O2S. The van der Waals surface area contributed by atoms with E-state index in [0.29, 0.717) is 10.7 Å². The molecule has 0 rings (SSSR count). The van der Waals surface area contributed by atoms with E-state index in [9.17, 15) is 9.00 Å². The lowest BCUT2D eigenvalue weighted by Crippen LogP contribution is -2.05. The van der Waals surface area contributed by atoms with E-state index in [0.717, 1.165) is 0 Å². The molecule has 0 aromatic carbocycles. The highest BCUT2D eigenvalue weighted by atomic mass is 32.2. The topological polar surface area (TPSA) is 34.1 Å². The molecule has 0 aliphatic carbocycles. The number of carbonyl (C=O) groups is 1. The summed E-state index contributed by atoms with van der Waals surface area (Å²) in [6.45, 7) is 4.95. The van der Waals surface area contributed by atoms with Crippen molar-refractivity contribution in [2.75, 3.05) is 5.75 Å². The molecule has 0 saturated carbocycles. The van der Waals surface area contributed by atoms with E-state index in [4.69, 9.17) is 0 Å². The quantitative estimate of drug-likeness (QED) is 0.582. The average Bonchev–Trinajstić information content (AvgIpc) is 1.88. The van der Waals surface area contributed by atoms with Crippen LogP contribution in [0, 0.1) is 0 Å². The third kappa shape index (κ3) is 2.43. The van der Waals surface area contributed by atoms with Gasteiger partial charge in [0.15, 0.2) is 5.78 Å². The van der Waals surface area contributed by atoms with Crippen LogP contribution in [0.5, 0.6) is 0 Å². The van der Waals surface area contributed by atoms with Gasteiger partial charge in [-0.05, 0) is 13.8 Å². The van der Waals surface area contributed by atoms with Crippen LogP contribution in [0.4, 0.5) is 0 Å². The highest BCUT2D eigenvalue weighted by Crippen LogP contribution is 2.02. The van der Waals surface area contributed by atoms with Crippen LogP contribution in [0.2, 0.25) is 0 Å². The maximum absolute atomic E-state index is 11.0. The standard InChI is InChI=1S/C7H12O2S/c1-4-7(6(3)8)10(9)5-2/h4H,5H2,1-3H3/b7-4+/t10-/m1/s1. The lowest BCUT2D eigenvalue weighted by Gasteiger charge is -1.97. The van der Waals surface area contributed by atoms with Gasteiger partial charge in [-0.3, -0.25) is 9.00 Å². The number of hydrogen-bond acceptors (Lipinski definition) is 2. The molecule has 58 valence electrons. The Hall–Kier alpha value is -0.440. The zero-order chi connectivity index (χ0) is 8.15. The predicted octanol–water partition coefficient (Wildman–Crippen LogP) is 1.25. The number of allylic oxidation sites excluding steroid dienone is 2. The molecule has 10 heavy (non-hydrogen) atoms. The molecule has 0 bridgehead atoms. The number of rotatable bonds is 3. The molecule has 0 aliphatic heterocycles. The zero-order valence-corrected chi connectivity index (χ0v) is 7.33. The van der Waals surface area contributed by atoms with Gasteiger partial charge in [0.2, 0.25) is 0 Å². The molecule has 0 heterocycles. The molecule has 0 aromatic heterocycles. The van der Waals surface area contributed by atoms with E-state index in [1.807, 2.05) is 0 Å². The van der Waals surface area contributed by atoms with Crippen LogP contribution >= 0.6 is 0 Å².